The van der Waals surface area contributed by atoms with Gasteiger partial charge in [0.15, 0.2) is 0 Å². The van der Waals surface area contributed by atoms with Crippen molar-refractivity contribution in [3.63, 3.8) is 0 Å². The molecule has 2 heteroatoms. The molecule has 2 aliphatic rings. The van der Waals surface area contributed by atoms with E-state index in [9.17, 15) is 0 Å². The quantitative estimate of drug-likeness (QED) is 0.550. The lowest BCUT2D eigenvalue weighted by Gasteiger charge is -2.37. The van der Waals surface area contributed by atoms with E-state index in [4.69, 9.17) is 4.74 Å². The molecule has 2 nitrogen and oxygen atoms in total. The molecule has 0 atom stereocenters. The molecule has 1 spiro atoms. The summed E-state index contributed by atoms with van der Waals surface area (Å²) in [6.45, 7) is 6.36. The Morgan fingerprint density at radius 2 is 1.83 bits per heavy atom. The Morgan fingerprint density at radius 1 is 1.11 bits per heavy atom. The highest BCUT2D eigenvalue weighted by Gasteiger charge is 2.37. The van der Waals surface area contributed by atoms with Crippen LogP contribution < -0.4 is 5.32 Å². The third kappa shape index (κ3) is 4.10. The van der Waals surface area contributed by atoms with Crippen LogP contribution in [0.1, 0.15) is 57.8 Å². The van der Waals surface area contributed by atoms with Crippen LogP contribution >= 0.6 is 0 Å². The third-order valence-corrected chi connectivity index (χ3v) is 4.86. The summed E-state index contributed by atoms with van der Waals surface area (Å²) >= 11 is 0. The lowest BCUT2D eigenvalue weighted by atomic mass is 9.71. The van der Waals surface area contributed by atoms with Crippen molar-refractivity contribution in [3.05, 3.63) is 12.7 Å². The summed E-state index contributed by atoms with van der Waals surface area (Å²) < 4.78 is 5.52. The Labute approximate surface area is 112 Å². The van der Waals surface area contributed by atoms with Gasteiger partial charge in [-0.15, -0.1) is 6.58 Å². The van der Waals surface area contributed by atoms with Crippen molar-refractivity contribution in [1.82, 2.24) is 5.32 Å². The Morgan fingerprint density at radius 3 is 2.50 bits per heavy atom. The molecule has 0 saturated heterocycles. The second-order valence-electron chi connectivity index (χ2n) is 6.13. The molecule has 0 amide bonds. The molecule has 0 bridgehead atoms. The molecule has 0 unspecified atom stereocenters. The molecule has 0 heterocycles. The summed E-state index contributed by atoms with van der Waals surface area (Å²) in [6, 6.07) is 0.749. The zero-order valence-electron chi connectivity index (χ0n) is 11.8. The molecule has 2 saturated carbocycles. The Hall–Kier alpha value is -0.340. The van der Waals surface area contributed by atoms with Crippen LogP contribution in [0.2, 0.25) is 0 Å². The SMILES string of the molecule is C=CCCOCCNC1CCC2(CCCC2)CC1. The number of hydrogen-bond acceptors (Lipinski definition) is 2. The molecule has 0 aromatic carbocycles. The smallest absolute Gasteiger partial charge is 0.0591 e. The van der Waals surface area contributed by atoms with Crippen molar-refractivity contribution in [1.29, 1.82) is 0 Å². The van der Waals surface area contributed by atoms with E-state index in [0.29, 0.717) is 0 Å². The van der Waals surface area contributed by atoms with Gasteiger partial charge >= 0.3 is 0 Å². The van der Waals surface area contributed by atoms with Crippen LogP contribution in [0.5, 0.6) is 0 Å². The van der Waals surface area contributed by atoms with Gasteiger partial charge in [-0.1, -0.05) is 18.9 Å². The first kappa shape index (κ1) is 14.1. The lowest BCUT2D eigenvalue weighted by molar-refractivity contribution is 0.127. The van der Waals surface area contributed by atoms with Gasteiger partial charge in [-0.05, 0) is 50.4 Å². The van der Waals surface area contributed by atoms with Gasteiger partial charge in [0.1, 0.15) is 0 Å². The first-order chi connectivity index (χ1) is 8.85. The van der Waals surface area contributed by atoms with Crippen LogP contribution in [0.3, 0.4) is 0 Å². The number of nitrogens with one attached hydrogen (secondary N) is 1. The normalized spacial score (nSPS) is 23.6. The first-order valence-electron chi connectivity index (χ1n) is 7.77. The molecular formula is C16H29NO. The highest BCUT2D eigenvalue weighted by molar-refractivity contribution is 4.91. The molecule has 0 radical (unpaired) electrons. The topological polar surface area (TPSA) is 21.3 Å². The zero-order chi connectivity index (χ0) is 12.7. The molecule has 104 valence electrons. The van der Waals surface area contributed by atoms with Crippen molar-refractivity contribution >= 4 is 0 Å². The predicted octanol–water partition coefficient (Wildman–Crippen LogP) is 3.67. The molecule has 2 fully saturated rings. The summed E-state index contributed by atoms with van der Waals surface area (Å²) in [5.74, 6) is 0. The number of rotatable bonds is 7. The molecule has 1 N–H and O–H groups in total. The maximum absolute atomic E-state index is 5.52. The van der Waals surface area contributed by atoms with Crippen molar-refractivity contribution in [3.8, 4) is 0 Å². The second-order valence-corrected chi connectivity index (χ2v) is 6.13. The third-order valence-electron chi connectivity index (χ3n) is 4.86. The summed E-state index contributed by atoms with van der Waals surface area (Å²) in [4.78, 5) is 0. The van der Waals surface area contributed by atoms with Crippen molar-refractivity contribution < 1.29 is 4.74 Å². The maximum Gasteiger partial charge on any atom is 0.0591 e. The van der Waals surface area contributed by atoms with Gasteiger partial charge in [0.25, 0.3) is 0 Å². The van der Waals surface area contributed by atoms with Gasteiger partial charge in [-0.3, -0.25) is 0 Å². The fourth-order valence-electron chi connectivity index (χ4n) is 3.66. The highest BCUT2D eigenvalue weighted by Crippen LogP contribution is 2.48. The molecule has 2 aliphatic carbocycles. The largest absolute Gasteiger partial charge is 0.380 e. The second kappa shape index (κ2) is 7.30. The summed E-state index contributed by atoms with van der Waals surface area (Å²) in [5, 5.41) is 3.65. The fourth-order valence-corrected chi connectivity index (χ4v) is 3.66. The molecule has 2 rings (SSSR count). The average Bonchev–Trinajstić information content (AvgIpc) is 2.85. The van der Waals surface area contributed by atoms with Crippen LogP contribution in [0.25, 0.3) is 0 Å². The molecular weight excluding hydrogens is 222 g/mol. The van der Waals surface area contributed by atoms with E-state index in [0.717, 1.165) is 37.6 Å². The Balaban J connectivity index is 1.52. The van der Waals surface area contributed by atoms with E-state index in [1.54, 1.807) is 0 Å². The summed E-state index contributed by atoms with van der Waals surface area (Å²) in [5.41, 5.74) is 0.763. The highest BCUT2D eigenvalue weighted by atomic mass is 16.5. The minimum Gasteiger partial charge on any atom is -0.380 e. The minimum absolute atomic E-state index is 0.749. The Kier molecular flexibility index (Phi) is 5.71. The lowest BCUT2D eigenvalue weighted by Crippen LogP contribution is -2.38. The Bertz CT molecular complexity index is 235. The molecule has 18 heavy (non-hydrogen) atoms. The van der Waals surface area contributed by atoms with Crippen LogP contribution in [-0.2, 0) is 4.74 Å². The van der Waals surface area contributed by atoms with Crippen molar-refractivity contribution in [2.45, 2.75) is 63.8 Å². The average molecular weight is 251 g/mol. The maximum atomic E-state index is 5.52. The van der Waals surface area contributed by atoms with Gasteiger partial charge in [0, 0.05) is 12.6 Å². The molecule has 0 aliphatic heterocycles. The van der Waals surface area contributed by atoms with Gasteiger partial charge in [0.2, 0.25) is 0 Å². The summed E-state index contributed by atoms with van der Waals surface area (Å²) in [7, 11) is 0. The number of ether oxygens (including phenoxy) is 1. The molecule has 0 aromatic rings. The van der Waals surface area contributed by atoms with Gasteiger partial charge in [-0.25, -0.2) is 0 Å². The van der Waals surface area contributed by atoms with Gasteiger partial charge < -0.3 is 10.1 Å². The van der Waals surface area contributed by atoms with E-state index in [1.165, 1.54) is 51.4 Å². The fraction of sp³-hybridized carbons (Fsp3) is 0.875. The van der Waals surface area contributed by atoms with Crippen molar-refractivity contribution in [2.24, 2.45) is 5.41 Å². The van der Waals surface area contributed by atoms with Crippen LogP contribution in [0.15, 0.2) is 12.7 Å². The van der Waals surface area contributed by atoms with Crippen LogP contribution in [0, 0.1) is 5.41 Å². The summed E-state index contributed by atoms with van der Waals surface area (Å²) in [6.07, 6.45) is 14.5. The zero-order valence-corrected chi connectivity index (χ0v) is 11.8. The minimum atomic E-state index is 0.749. The standard InChI is InChI=1S/C16H29NO/c1-2-3-13-18-14-12-17-15-6-10-16(11-7-15)8-4-5-9-16/h2,15,17H,1,3-14H2. The molecule has 0 aromatic heterocycles. The van der Waals surface area contributed by atoms with E-state index < -0.39 is 0 Å². The van der Waals surface area contributed by atoms with Crippen LogP contribution in [0.4, 0.5) is 0 Å². The van der Waals surface area contributed by atoms with E-state index in [-0.39, 0.29) is 0 Å². The predicted molar refractivity (Wildman–Crippen MR) is 76.8 cm³/mol. The van der Waals surface area contributed by atoms with Crippen LogP contribution in [-0.4, -0.2) is 25.8 Å². The van der Waals surface area contributed by atoms with Crippen molar-refractivity contribution in [2.75, 3.05) is 19.8 Å². The number of hydrogen-bond donors (Lipinski definition) is 1. The monoisotopic (exact) mass is 251 g/mol. The van der Waals surface area contributed by atoms with Gasteiger partial charge in [-0.2, -0.15) is 0 Å². The van der Waals surface area contributed by atoms with Gasteiger partial charge in [0.05, 0.1) is 13.2 Å². The first-order valence-corrected chi connectivity index (χ1v) is 7.77. The van der Waals surface area contributed by atoms with E-state index in [1.807, 2.05) is 6.08 Å². The van der Waals surface area contributed by atoms with E-state index in [2.05, 4.69) is 11.9 Å². The van der Waals surface area contributed by atoms with E-state index >= 15 is 0 Å².